The molecule has 2 heterocycles. The molecule has 0 unspecified atom stereocenters. The number of aromatic nitrogens is 2. The van der Waals surface area contributed by atoms with Crippen LogP contribution in [0.3, 0.4) is 0 Å². The van der Waals surface area contributed by atoms with Crippen molar-refractivity contribution in [3.05, 3.63) is 36.4 Å². The molecule has 1 fully saturated rings. The molecule has 0 saturated heterocycles. The Balaban J connectivity index is 1.56. The van der Waals surface area contributed by atoms with E-state index in [-0.39, 0.29) is 11.8 Å². The van der Waals surface area contributed by atoms with Crippen LogP contribution in [0.1, 0.15) is 12.8 Å². The number of nitrogens with zero attached hydrogens (tertiary/aromatic N) is 2. The highest BCUT2D eigenvalue weighted by atomic mass is 32.1. The zero-order valence-electron chi connectivity index (χ0n) is 12.2. The molecular weight excluding hydrogens is 312 g/mol. The van der Waals surface area contributed by atoms with Crippen molar-refractivity contribution in [2.75, 3.05) is 11.1 Å². The average Bonchev–Trinajstić information content (AvgIpc) is 3.29. The normalized spacial score (nSPS) is 13.9. The molecule has 1 aromatic carbocycles. The van der Waals surface area contributed by atoms with E-state index in [0.29, 0.717) is 22.4 Å². The number of anilines is 2. The van der Waals surface area contributed by atoms with Crippen LogP contribution in [0.25, 0.3) is 10.3 Å². The summed E-state index contributed by atoms with van der Waals surface area (Å²) in [6, 6.07) is 10.7. The number of thiazole rings is 1. The molecule has 23 heavy (non-hydrogen) atoms. The van der Waals surface area contributed by atoms with E-state index in [1.165, 1.54) is 11.3 Å². The van der Waals surface area contributed by atoms with Gasteiger partial charge in [-0.3, -0.25) is 4.79 Å². The summed E-state index contributed by atoms with van der Waals surface area (Å²) in [6.07, 6.45) is 1.93. The molecule has 1 aliphatic rings. The molecule has 0 radical (unpaired) electrons. The molecule has 3 N–H and O–H groups in total. The van der Waals surface area contributed by atoms with Crippen LogP contribution in [0.5, 0.6) is 11.6 Å². The van der Waals surface area contributed by atoms with Gasteiger partial charge in [0.25, 0.3) is 0 Å². The standard InChI is InChI=1S/C16H14N4O2S/c17-10-2-1-3-11(8-10)22-13-7-6-12-15(19-13)23-16(18-12)20-14(21)9-4-5-9/h1-3,6-9H,4-5,17H2,(H,18,20,21). The molecular formula is C16H14N4O2S. The van der Waals surface area contributed by atoms with Crippen molar-refractivity contribution in [2.45, 2.75) is 12.8 Å². The number of nitrogens with two attached hydrogens (primary N) is 1. The lowest BCUT2D eigenvalue weighted by molar-refractivity contribution is -0.117. The monoisotopic (exact) mass is 326 g/mol. The largest absolute Gasteiger partial charge is 0.439 e. The molecule has 2 aromatic heterocycles. The van der Waals surface area contributed by atoms with Gasteiger partial charge in [-0.1, -0.05) is 17.4 Å². The molecule has 6 nitrogen and oxygen atoms in total. The van der Waals surface area contributed by atoms with Crippen LogP contribution >= 0.6 is 11.3 Å². The lowest BCUT2D eigenvalue weighted by atomic mass is 10.3. The zero-order chi connectivity index (χ0) is 15.8. The number of carbonyl (C=O) groups is 1. The lowest BCUT2D eigenvalue weighted by Gasteiger charge is -2.04. The Hall–Kier alpha value is -2.67. The van der Waals surface area contributed by atoms with Crippen LogP contribution in [0.4, 0.5) is 10.8 Å². The van der Waals surface area contributed by atoms with Gasteiger partial charge in [-0.15, -0.1) is 0 Å². The fourth-order valence-electron chi connectivity index (χ4n) is 2.16. The Kier molecular flexibility index (Phi) is 3.34. The predicted molar refractivity (Wildman–Crippen MR) is 89.7 cm³/mol. The Morgan fingerprint density at radius 3 is 2.91 bits per heavy atom. The minimum absolute atomic E-state index is 0.0419. The quantitative estimate of drug-likeness (QED) is 0.717. The molecule has 0 spiro atoms. The number of carbonyl (C=O) groups excluding carboxylic acids is 1. The zero-order valence-corrected chi connectivity index (χ0v) is 13.0. The molecule has 0 bridgehead atoms. The average molecular weight is 326 g/mol. The van der Waals surface area contributed by atoms with Crippen molar-refractivity contribution in [1.82, 2.24) is 9.97 Å². The summed E-state index contributed by atoms with van der Waals surface area (Å²) in [7, 11) is 0. The van der Waals surface area contributed by atoms with Crippen molar-refractivity contribution in [3.63, 3.8) is 0 Å². The van der Waals surface area contributed by atoms with Gasteiger partial charge in [0.2, 0.25) is 11.8 Å². The SMILES string of the molecule is Nc1cccc(Oc2ccc3nc(NC(=O)C4CC4)sc3n2)c1. The maximum Gasteiger partial charge on any atom is 0.229 e. The molecule has 7 heteroatoms. The topological polar surface area (TPSA) is 90.1 Å². The van der Waals surface area contributed by atoms with Gasteiger partial charge in [0, 0.05) is 23.7 Å². The number of amides is 1. The molecule has 1 aliphatic carbocycles. The summed E-state index contributed by atoms with van der Waals surface area (Å²) in [6.45, 7) is 0. The van der Waals surface area contributed by atoms with E-state index in [2.05, 4.69) is 15.3 Å². The van der Waals surface area contributed by atoms with E-state index in [0.717, 1.165) is 23.2 Å². The van der Waals surface area contributed by atoms with Crippen molar-refractivity contribution < 1.29 is 9.53 Å². The van der Waals surface area contributed by atoms with Crippen LogP contribution in [-0.4, -0.2) is 15.9 Å². The smallest absolute Gasteiger partial charge is 0.229 e. The number of fused-ring (bicyclic) bond motifs is 1. The van der Waals surface area contributed by atoms with E-state index >= 15 is 0 Å². The third-order valence-corrected chi connectivity index (χ3v) is 4.37. The number of nitrogen functional groups attached to an aromatic ring is 1. The summed E-state index contributed by atoms with van der Waals surface area (Å²) in [5.74, 6) is 1.29. The van der Waals surface area contributed by atoms with Gasteiger partial charge in [0.1, 0.15) is 16.1 Å². The van der Waals surface area contributed by atoms with Gasteiger partial charge >= 0.3 is 0 Å². The maximum atomic E-state index is 11.8. The first-order valence-electron chi connectivity index (χ1n) is 7.29. The summed E-state index contributed by atoms with van der Waals surface area (Å²) in [4.78, 5) is 21.3. The number of hydrogen-bond acceptors (Lipinski definition) is 6. The number of nitrogens with one attached hydrogen (secondary N) is 1. The molecule has 1 amide bonds. The maximum absolute atomic E-state index is 11.8. The molecule has 0 aliphatic heterocycles. The summed E-state index contributed by atoms with van der Waals surface area (Å²) < 4.78 is 5.71. The first kappa shape index (κ1) is 14.0. The van der Waals surface area contributed by atoms with Crippen LogP contribution < -0.4 is 15.8 Å². The Labute approximate surface area is 136 Å². The van der Waals surface area contributed by atoms with Gasteiger partial charge in [0.15, 0.2) is 5.13 Å². The number of pyridine rings is 1. The molecule has 4 rings (SSSR count). The van der Waals surface area contributed by atoms with Gasteiger partial charge in [0.05, 0.1) is 0 Å². The first-order chi connectivity index (χ1) is 11.2. The number of benzene rings is 1. The second-order valence-corrected chi connectivity index (χ2v) is 6.41. The number of rotatable bonds is 4. The van der Waals surface area contributed by atoms with E-state index in [1.54, 1.807) is 18.2 Å². The minimum atomic E-state index is 0.0419. The molecule has 116 valence electrons. The summed E-state index contributed by atoms with van der Waals surface area (Å²) >= 11 is 1.34. The van der Waals surface area contributed by atoms with E-state index < -0.39 is 0 Å². The molecule has 3 aromatic rings. The minimum Gasteiger partial charge on any atom is -0.439 e. The highest BCUT2D eigenvalue weighted by molar-refractivity contribution is 7.21. The van der Waals surface area contributed by atoms with Crippen LogP contribution in [0, 0.1) is 5.92 Å². The predicted octanol–water partition coefficient (Wildman–Crippen LogP) is 3.41. The fraction of sp³-hybridized carbons (Fsp3) is 0.188. The van der Waals surface area contributed by atoms with Crippen molar-refractivity contribution >= 4 is 38.4 Å². The highest BCUT2D eigenvalue weighted by Gasteiger charge is 2.30. The third kappa shape index (κ3) is 3.09. The van der Waals surface area contributed by atoms with Gasteiger partial charge in [-0.2, -0.15) is 0 Å². The molecule has 0 atom stereocenters. The summed E-state index contributed by atoms with van der Waals surface area (Å²) in [5, 5.41) is 3.42. The van der Waals surface area contributed by atoms with E-state index in [4.69, 9.17) is 10.5 Å². The van der Waals surface area contributed by atoms with Gasteiger partial charge in [-0.25, -0.2) is 9.97 Å². The fourth-order valence-corrected chi connectivity index (χ4v) is 2.99. The Morgan fingerprint density at radius 2 is 2.13 bits per heavy atom. The lowest BCUT2D eigenvalue weighted by Crippen LogP contribution is -2.12. The second-order valence-electron chi connectivity index (χ2n) is 5.43. The van der Waals surface area contributed by atoms with E-state index in [1.807, 2.05) is 18.2 Å². The summed E-state index contributed by atoms with van der Waals surface area (Å²) in [5.41, 5.74) is 7.10. The van der Waals surface area contributed by atoms with Crippen LogP contribution in [0.2, 0.25) is 0 Å². The Morgan fingerprint density at radius 1 is 1.26 bits per heavy atom. The first-order valence-corrected chi connectivity index (χ1v) is 8.11. The number of ether oxygens (including phenoxy) is 1. The number of hydrogen-bond donors (Lipinski definition) is 2. The van der Waals surface area contributed by atoms with Crippen molar-refractivity contribution in [3.8, 4) is 11.6 Å². The van der Waals surface area contributed by atoms with Crippen molar-refractivity contribution in [1.29, 1.82) is 0 Å². The second kappa shape index (κ2) is 5.51. The molecule has 1 saturated carbocycles. The Bertz CT molecular complexity index is 889. The van der Waals surface area contributed by atoms with Gasteiger partial charge < -0.3 is 15.8 Å². The van der Waals surface area contributed by atoms with Gasteiger partial charge in [-0.05, 0) is 31.0 Å². The van der Waals surface area contributed by atoms with Crippen LogP contribution in [0.15, 0.2) is 36.4 Å². The van der Waals surface area contributed by atoms with Crippen LogP contribution in [-0.2, 0) is 4.79 Å². The third-order valence-electron chi connectivity index (χ3n) is 3.49. The van der Waals surface area contributed by atoms with Crippen molar-refractivity contribution in [2.24, 2.45) is 5.92 Å². The highest BCUT2D eigenvalue weighted by Crippen LogP contribution is 2.32. The van der Waals surface area contributed by atoms with E-state index in [9.17, 15) is 4.79 Å².